The summed E-state index contributed by atoms with van der Waals surface area (Å²) in [5, 5.41) is -1.33. The number of nitrogens with zero attached hydrogens (tertiary/aromatic N) is 1. The van der Waals surface area contributed by atoms with Crippen LogP contribution in [0.15, 0.2) is 11.8 Å². The first-order valence-corrected chi connectivity index (χ1v) is 10.4. The summed E-state index contributed by atoms with van der Waals surface area (Å²) < 4.78 is 57.7. The minimum Gasteiger partial charge on any atom is -0.467 e. The molecule has 0 radical (unpaired) electrons. The van der Waals surface area contributed by atoms with E-state index >= 15 is 0 Å². The van der Waals surface area contributed by atoms with Crippen molar-refractivity contribution in [2.24, 2.45) is 5.41 Å². The molecule has 2 aliphatic rings. The molecule has 0 unspecified atom stereocenters. The van der Waals surface area contributed by atoms with Gasteiger partial charge in [-0.05, 0) is 5.41 Å². The third-order valence-electron chi connectivity index (χ3n) is 3.80. The Morgan fingerprint density at radius 3 is 2.33 bits per heavy atom. The molecule has 0 saturated carbocycles. The van der Waals surface area contributed by atoms with Gasteiger partial charge in [-0.2, -0.15) is 8.42 Å². The van der Waals surface area contributed by atoms with Crippen molar-refractivity contribution in [2.75, 3.05) is 19.1 Å². The SMILES string of the molecule is COC(=O)[C@]12CS(=O)(=O)[C@H](C(C)(C)C)N1C(=O)C=C2OS(C)(=O)=O. The quantitative estimate of drug-likeness (QED) is 0.469. The maximum absolute atomic E-state index is 12.7. The summed E-state index contributed by atoms with van der Waals surface area (Å²) in [6, 6.07) is 0. The van der Waals surface area contributed by atoms with Crippen LogP contribution < -0.4 is 0 Å². The van der Waals surface area contributed by atoms with E-state index in [1.165, 1.54) is 0 Å². The average Bonchev–Trinajstić information content (AvgIpc) is 2.76. The number of methoxy groups -OCH3 is 1. The Kier molecular flexibility index (Phi) is 4.04. The van der Waals surface area contributed by atoms with Crippen LogP contribution >= 0.6 is 0 Å². The lowest BCUT2D eigenvalue weighted by Gasteiger charge is -2.37. The highest BCUT2D eigenvalue weighted by atomic mass is 32.2. The van der Waals surface area contributed by atoms with Crippen molar-refractivity contribution in [3.05, 3.63) is 11.8 Å². The van der Waals surface area contributed by atoms with Crippen LogP contribution in [0.4, 0.5) is 0 Å². The van der Waals surface area contributed by atoms with Crippen LogP contribution in [-0.2, 0) is 38.5 Å². The van der Waals surface area contributed by atoms with Crippen LogP contribution in [0.3, 0.4) is 0 Å². The third kappa shape index (κ3) is 2.69. The van der Waals surface area contributed by atoms with Crippen molar-refractivity contribution in [1.29, 1.82) is 0 Å². The highest BCUT2D eigenvalue weighted by Gasteiger charge is 2.70. The number of hydrogen-bond acceptors (Lipinski definition) is 8. The number of esters is 1. The maximum Gasteiger partial charge on any atom is 0.341 e. The van der Waals surface area contributed by atoms with E-state index in [-0.39, 0.29) is 0 Å². The molecule has 0 aromatic carbocycles. The summed E-state index contributed by atoms with van der Waals surface area (Å²) in [4.78, 5) is 25.7. The second-order valence-corrected chi connectivity index (χ2v) is 10.5. The maximum atomic E-state index is 12.7. The Morgan fingerprint density at radius 1 is 1.38 bits per heavy atom. The predicted octanol–water partition coefficient (Wildman–Crippen LogP) is -0.599. The number of carbonyl (C=O) groups excluding carboxylic acids is 2. The van der Waals surface area contributed by atoms with Crippen molar-refractivity contribution in [3.8, 4) is 0 Å². The van der Waals surface area contributed by atoms with Gasteiger partial charge in [-0.3, -0.25) is 9.69 Å². The van der Waals surface area contributed by atoms with E-state index in [9.17, 15) is 26.4 Å². The zero-order valence-corrected chi connectivity index (χ0v) is 15.5. The normalized spacial score (nSPS) is 29.2. The van der Waals surface area contributed by atoms with E-state index in [1.807, 2.05) is 0 Å². The van der Waals surface area contributed by atoms with Gasteiger partial charge in [0.15, 0.2) is 15.6 Å². The molecule has 2 heterocycles. The largest absolute Gasteiger partial charge is 0.467 e. The first kappa shape index (κ1) is 18.7. The molecule has 0 spiro atoms. The highest BCUT2D eigenvalue weighted by molar-refractivity contribution is 7.92. The van der Waals surface area contributed by atoms with E-state index < -0.39 is 59.7 Å². The third-order valence-corrected chi connectivity index (χ3v) is 6.70. The van der Waals surface area contributed by atoms with E-state index in [1.54, 1.807) is 20.8 Å². The topological polar surface area (TPSA) is 124 Å². The van der Waals surface area contributed by atoms with Crippen molar-refractivity contribution in [3.63, 3.8) is 0 Å². The lowest BCUT2D eigenvalue weighted by Crippen LogP contribution is -2.57. The Morgan fingerprint density at radius 2 is 1.92 bits per heavy atom. The van der Waals surface area contributed by atoms with Gasteiger partial charge in [0.05, 0.1) is 19.1 Å². The van der Waals surface area contributed by atoms with Crippen LogP contribution in [0.25, 0.3) is 0 Å². The number of sulfone groups is 1. The predicted molar refractivity (Wildman–Crippen MR) is 82.6 cm³/mol. The molecule has 11 heteroatoms. The summed E-state index contributed by atoms with van der Waals surface area (Å²) in [6.45, 7) is 4.81. The number of amides is 1. The van der Waals surface area contributed by atoms with Crippen LogP contribution in [0.5, 0.6) is 0 Å². The van der Waals surface area contributed by atoms with Crippen LogP contribution in [-0.4, -0.2) is 63.6 Å². The van der Waals surface area contributed by atoms with Crippen LogP contribution in [0.1, 0.15) is 20.8 Å². The molecular formula is C13H19NO8S2. The molecule has 24 heavy (non-hydrogen) atoms. The molecule has 9 nitrogen and oxygen atoms in total. The molecule has 1 fully saturated rings. The summed E-state index contributed by atoms with van der Waals surface area (Å²) in [5.41, 5.74) is -3.05. The fourth-order valence-electron chi connectivity index (χ4n) is 3.20. The standard InChI is InChI=1S/C13H19NO8S2/c1-12(2,3)10-14-9(15)6-8(22-23(5,17)18)13(14,11(16)21-4)7-24(10,19)20/h6,10H,7H2,1-5H3/t10-,13-/m1/s1. The fourth-order valence-corrected chi connectivity index (χ4v) is 6.54. The van der Waals surface area contributed by atoms with Gasteiger partial charge in [0, 0.05) is 6.08 Å². The Bertz CT molecular complexity index is 834. The molecule has 1 saturated heterocycles. The van der Waals surface area contributed by atoms with Crippen molar-refractivity contribution in [2.45, 2.75) is 31.7 Å². The number of ether oxygens (including phenoxy) is 1. The first-order chi connectivity index (χ1) is 10.7. The Hall–Kier alpha value is -1.62. The summed E-state index contributed by atoms with van der Waals surface area (Å²) in [7, 11) is -7.02. The zero-order chi connectivity index (χ0) is 18.7. The molecule has 0 bridgehead atoms. The molecule has 0 aromatic rings. The van der Waals surface area contributed by atoms with Gasteiger partial charge in [-0.25, -0.2) is 13.2 Å². The Balaban J connectivity index is 2.74. The molecule has 0 aliphatic carbocycles. The van der Waals surface area contributed by atoms with Gasteiger partial charge in [0.25, 0.3) is 5.91 Å². The van der Waals surface area contributed by atoms with Gasteiger partial charge in [-0.15, -0.1) is 0 Å². The number of rotatable bonds is 3. The van der Waals surface area contributed by atoms with Gasteiger partial charge in [0.2, 0.25) is 5.54 Å². The van der Waals surface area contributed by atoms with Crippen LogP contribution in [0.2, 0.25) is 0 Å². The molecule has 136 valence electrons. The van der Waals surface area contributed by atoms with Crippen LogP contribution in [0, 0.1) is 5.41 Å². The average molecular weight is 381 g/mol. The van der Waals surface area contributed by atoms with Gasteiger partial charge in [-0.1, -0.05) is 20.8 Å². The zero-order valence-electron chi connectivity index (χ0n) is 13.9. The lowest BCUT2D eigenvalue weighted by molar-refractivity contribution is -0.156. The molecule has 0 aromatic heterocycles. The molecular weight excluding hydrogens is 362 g/mol. The molecule has 2 atom stereocenters. The van der Waals surface area contributed by atoms with Gasteiger partial charge in [0.1, 0.15) is 5.37 Å². The smallest absolute Gasteiger partial charge is 0.341 e. The Labute approximate surface area is 140 Å². The van der Waals surface area contributed by atoms with E-state index in [0.717, 1.165) is 24.3 Å². The monoisotopic (exact) mass is 381 g/mol. The van der Waals surface area contributed by atoms with E-state index in [2.05, 4.69) is 4.74 Å². The molecule has 1 amide bonds. The number of carbonyl (C=O) groups is 2. The summed E-state index contributed by atoms with van der Waals surface area (Å²) in [6.07, 6.45) is 1.56. The summed E-state index contributed by atoms with van der Waals surface area (Å²) >= 11 is 0. The van der Waals surface area contributed by atoms with Gasteiger partial charge < -0.3 is 8.92 Å². The number of hydrogen-bond donors (Lipinski definition) is 0. The minimum absolute atomic E-state index is 0.558. The molecule has 0 N–H and O–H groups in total. The lowest BCUT2D eigenvalue weighted by atomic mass is 9.92. The highest BCUT2D eigenvalue weighted by Crippen LogP contribution is 2.48. The van der Waals surface area contributed by atoms with E-state index in [0.29, 0.717) is 0 Å². The summed E-state index contributed by atoms with van der Waals surface area (Å²) in [5.74, 6) is -3.25. The van der Waals surface area contributed by atoms with E-state index in [4.69, 9.17) is 4.18 Å². The van der Waals surface area contributed by atoms with Crippen molar-refractivity contribution in [1.82, 2.24) is 4.90 Å². The van der Waals surface area contributed by atoms with Crippen molar-refractivity contribution < 1.29 is 35.3 Å². The van der Waals surface area contributed by atoms with Gasteiger partial charge >= 0.3 is 16.1 Å². The molecule has 2 rings (SSSR count). The first-order valence-electron chi connectivity index (χ1n) is 6.92. The molecule has 2 aliphatic heterocycles. The second kappa shape index (κ2) is 5.19. The second-order valence-electron chi connectivity index (χ2n) is 6.88. The fraction of sp³-hybridized carbons (Fsp3) is 0.692. The van der Waals surface area contributed by atoms with Crippen molar-refractivity contribution >= 4 is 31.8 Å². The number of fused-ring (bicyclic) bond motifs is 1. The minimum atomic E-state index is -4.09.